The molecule has 0 spiro atoms. The number of hydrogen-bond donors (Lipinski definition) is 1. The second-order valence-electron chi connectivity index (χ2n) is 4.39. The number of nitrogens with zero attached hydrogens (tertiary/aromatic N) is 1. The lowest BCUT2D eigenvalue weighted by Crippen LogP contribution is -2.13. The van der Waals surface area contributed by atoms with Crippen molar-refractivity contribution >= 4 is 11.6 Å². The molecule has 0 radical (unpaired) electrons. The van der Waals surface area contributed by atoms with Crippen LogP contribution in [-0.2, 0) is 0 Å². The van der Waals surface area contributed by atoms with Crippen LogP contribution >= 0.6 is 0 Å². The molecule has 2 rings (SSSR count). The number of ether oxygens (including phenoxy) is 2. The van der Waals surface area contributed by atoms with Crippen molar-refractivity contribution in [1.82, 2.24) is 4.98 Å². The van der Waals surface area contributed by atoms with Gasteiger partial charge in [0.05, 0.1) is 25.0 Å². The molecule has 5 heteroatoms. The van der Waals surface area contributed by atoms with E-state index in [1.54, 1.807) is 18.2 Å². The van der Waals surface area contributed by atoms with Crippen molar-refractivity contribution in [2.24, 2.45) is 0 Å². The highest BCUT2D eigenvalue weighted by Crippen LogP contribution is 2.24. The first kappa shape index (κ1) is 14.8. The average molecular weight is 286 g/mol. The number of hydrogen-bond acceptors (Lipinski definition) is 4. The SMILES string of the molecule is CCCOc1ccccc1NC(=O)c1ccc(OC)nc1. The Balaban J connectivity index is 2.11. The van der Waals surface area contributed by atoms with Gasteiger partial charge >= 0.3 is 0 Å². The van der Waals surface area contributed by atoms with Crippen molar-refractivity contribution in [1.29, 1.82) is 0 Å². The second kappa shape index (κ2) is 7.28. The molecule has 0 atom stereocenters. The normalized spacial score (nSPS) is 10.0. The summed E-state index contributed by atoms with van der Waals surface area (Å²) in [5.41, 5.74) is 1.10. The van der Waals surface area contributed by atoms with Crippen molar-refractivity contribution in [3.05, 3.63) is 48.2 Å². The molecular formula is C16H18N2O3. The van der Waals surface area contributed by atoms with Gasteiger partial charge in [-0.25, -0.2) is 4.98 Å². The summed E-state index contributed by atoms with van der Waals surface area (Å²) in [5.74, 6) is 0.894. The molecule has 1 aromatic heterocycles. The Morgan fingerprint density at radius 3 is 2.71 bits per heavy atom. The van der Waals surface area contributed by atoms with Crippen LogP contribution in [0, 0.1) is 0 Å². The zero-order chi connectivity index (χ0) is 15.1. The van der Waals surface area contributed by atoms with E-state index in [1.165, 1.54) is 13.3 Å². The second-order valence-corrected chi connectivity index (χ2v) is 4.39. The smallest absolute Gasteiger partial charge is 0.257 e. The van der Waals surface area contributed by atoms with Gasteiger partial charge in [0, 0.05) is 12.3 Å². The maximum atomic E-state index is 12.2. The number of rotatable bonds is 6. The van der Waals surface area contributed by atoms with Crippen LogP contribution in [0.15, 0.2) is 42.6 Å². The van der Waals surface area contributed by atoms with E-state index < -0.39 is 0 Å². The molecule has 0 aliphatic heterocycles. The molecule has 1 aromatic carbocycles. The van der Waals surface area contributed by atoms with Crippen molar-refractivity contribution in [3.8, 4) is 11.6 Å². The third-order valence-electron chi connectivity index (χ3n) is 2.80. The molecule has 5 nitrogen and oxygen atoms in total. The molecule has 0 saturated carbocycles. The van der Waals surface area contributed by atoms with Crippen LogP contribution in [0.3, 0.4) is 0 Å². The van der Waals surface area contributed by atoms with Crippen molar-refractivity contribution in [2.75, 3.05) is 19.0 Å². The van der Waals surface area contributed by atoms with Gasteiger partial charge in [-0.2, -0.15) is 0 Å². The Morgan fingerprint density at radius 2 is 2.05 bits per heavy atom. The van der Waals surface area contributed by atoms with E-state index in [0.29, 0.717) is 29.5 Å². The van der Waals surface area contributed by atoms with Crippen LogP contribution in [0.4, 0.5) is 5.69 Å². The van der Waals surface area contributed by atoms with Gasteiger partial charge in [0.2, 0.25) is 5.88 Å². The number of nitrogens with one attached hydrogen (secondary N) is 1. The van der Waals surface area contributed by atoms with E-state index in [2.05, 4.69) is 10.3 Å². The molecule has 1 heterocycles. The number of methoxy groups -OCH3 is 1. The van der Waals surface area contributed by atoms with Gasteiger partial charge in [-0.3, -0.25) is 4.79 Å². The molecular weight excluding hydrogens is 268 g/mol. The first-order valence-corrected chi connectivity index (χ1v) is 6.77. The van der Waals surface area contributed by atoms with Crippen LogP contribution in [0.1, 0.15) is 23.7 Å². The Bertz CT molecular complexity index is 597. The summed E-state index contributed by atoms with van der Waals surface area (Å²) < 4.78 is 10.6. The molecule has 110 valence electrons. The van der Waals surface area contributed by atoms with Gasteiger partial charge in [-0.15, -0.1) is 0 Å². The summed E-state index contributed by atoms with van der Waals surface area (Å²) >= 11 is 0. The minimum absolute atomic E-state index is 0.238. The average Bonchev–Trinajstić information content (AvgIpc) is 2.54. The highest BCUT2D eigenvalue weighted by Gasteiger charge is 2.10. The van der Waals surface area contributed by atoms with E-state index in [9.17, 15) is 4.79 Å². The summed E-state index contributed by atoms with van der Waals surface area (Å²) in [6.45, 7) is 2.64. The molecule has 0 unspecified atom stereocenters. The van der Waals surface area contributed by atoms with E-state index in [-0.39, 0.29) is 5.91 Å². The molecule has 0 aliphatic rings. The first-order chi connectivity index (χ1) is 10.2. The molecule has 0 bridgehead atoms. The van der Waals surface area contributed by atoms with Crippen molar-refractivity contribution in [2.45, 2.75) is 13.3 Å². The van der Waals surface area contributed by atoms with E-state index in [1.807, 2.05) is 25.1 Å². The third kappa shape index (κ3) is 3.95. The van der Waals surface area contributed by atoms with Gasteiger partial charge in [0.1, 0.15) is 5.75 Å². The quantitative estimate of drug-likeness (QED) is 0.886. The van der Waals surface area contributed by atoms with Gasteiger partial charge in [-0.1, -0.05) is 19.1 Å². The van der Waals surface area contributed by atoms with Crippen LogP contribution in [0.25, 0.3) is 0 Å². The summed E-state index contributed by atoms with van der Waals surface area (Å²) in [7, 11) is 1.53. The summed E-state index contributed by atoms with van der Waals surface area (Å²) in [5, 5.41) is 2.83. The molecule has 21 heavy (non-hydrogen) atoms. The molecule has 0 saturated heterocycles. The fourth-order valence-corrected chi connectivity index (χ4v) is 1.74. The van der Waals surface area contributed by atoms with Gasteiger partial charge < -0.3 is 14.8 Å². The number of amides is 1. The van der Waals surface area contributed by atoms with E-state index in [4.69, 9.17) is 9.47 Å². The molecule has 0 aliphatic carbocycles. The summed E-state index contributed by atoms with van der Waals surface area (Å²) in [4.78, 5) is 16.2. The molecule has 1 N–H and O–H groups in total. The van der Waals surface area contributed by atoms with Gasteiger partial charge in [0.25, 0.3) is 5.91 Å². The van der Waals surface area contributed by atoms with Crippen LogP contribution in [0.2, 0.25) is 0 Å². The zero-order valence-corrected chi connectivity index (χ0v) is 12.1. The number of aromatic nitrogens is 1. The fraction of sp³-hybridized carbons (Fsp3) is 0.250. The minimum Gasteiger partial charge on any atom is -0.491 e. The number of carbonyl (C=O) groups is 1. The lowest BCUT2D eigenvalue weighted by atomic mass is 10.2. The number of para-hydroxylation sites is 2. The lowest BCUT2D eigenvalue weighted by molar-refractivity contribution is 0.102. The zero-order valence-electron chi connectivity index (χ0n) is 12.1. The number of benzene rings is 1. The molecule has 2 aromatic rings. The Kier molecular flexibility index (Phi) is 5.15. The highest BCUT2D eigenvalue weighted by molar-refractivity contribution is 6.04. The van der Waals surface area contributed by atoms with Crippen LogP contribution < -0.4 is 14.8 Å². The fourth-order valence-electron chi connectivity index (χ4n) is 1.74. The number of anilines is 1. The monoisotopic (exact) mass is 286 g/mol. The Labute approximate surface area is 123 Å². The predicted molar refractivity (Wildman–Crippen MR) is 81.0 cm³/mol. The van der Waals surface area contributed by atoms with E-state index >= 15 is 0 Å². The number of pyridine rings is 1. The van der Waals surface area contributed by atoms with Crippen LogP contribution in [-0.4, -0.2) is 24.6 Å². The Hall–Kier alpha value is -2.56. The predicted octanol–water partition coefficient (Wildman–Crippen LogP) is 3.13. The maximum absolute atomic E-state index is 12.2. The first-order valence-electron chi connectivity index (χ1n) is 6.77. The highest BCUT2D eigenvalue weighted by atomic mass is 16.5. The summed E-state index contributed by atoms with van der Waals surface area (Å²) in [6.07, 6.45) is 2.38. The minimum atomic E-state index is -0.238. The van der Waals surface area contributed by atoms with Crippen molar-refractivity contribution < 1.29 is 14.3 Å². The lowest BCUT2D eigenvalue weighted by Gasteiger charge is -2.11. The molecule has 1 amide bonds. The van der Waals surface area contributed by atoms with Gasteiger partial charge in [-0.05, 0) is 24.6 Å². The van der Waals surface area contributed by atoms with Crippen molar-refractivity contribution in [3.63, 3.8) is 0 Å². The largest absolute Gasteiger partial charge is 0.491 e. The Morgan fingerprint density at radius 1 is 1.24 bits per heavy atom. The van der Waals surface area contributed by atoms with Gasteiger partial charge in [0.15, 0.2) is 0 Å². The summed E-state index contributed by atoms with van der Waals surface area (Å²) in [6, 6.07) is 10.7. The standard InChI is InChI=1S/C16H18N2O3/c1-3-10-21-14-7-5-4-6-13(14)18-16(19)12-8-9-15(20-2)17-11-12/h4-9,11H,3,10H2,1-2H3,(H,18,19). The third-order valence-corrected chi connectivity index (χ3v) is 2.80. The number of carbonyl (C=O) groups excluding carboxylic acids is 1. The topological polar surface area (TPSA) is 60.5 Å². The van der Waals surface area contributed by atoms with Crippen LogP contribution in [0.5, 0.6) is 11.6 Å². The van der Waals surface area contributed by atoms with E-state index in [0.717, 1.165) is 6.42 Å². The maximum Gasteiger partial charge on any atom is 0.257 e. The molecule has 0 fully saturated rings.